The van der Waals surface area contributed by atoms with Crippen molar-refractivity contribution in [2.45, 2.75) is 77.7 Å². The summed E-state index contributed by atoms with van der Waals surface area (Å²) in [5.41, 5.74) is 0. The fraction of sp³-hybridized carbons (Fsp3) is 1.00. The summed E-state index contributed by atoms with van der Waals surface area (Å²) in [6.07, 6.45) is 6.06. The van der Waals surface area contributed by atoms with Gasteiger partial charge in [-0.3, -0.25) is 4.90 Å². The zero-order valence-electron chi connectivity index (χ0n) is 13.2. The minimum absolute atomic E-state index is 0.378. The zero-order valence-corrected chi connectivity index (χ0v) is 13.2. The highest BCUT2D eigenvalue weighted by Gasteiger charge is 2.36. The fourth-order valence-electron chi connectivity index (χ4n) is 3.45. The van der Waals surface area contributed by atoms with Crippen LogP contribution >= 0.6 is 0 Å². The standard InChI is InChI=1S/C16H32N2O/c1-12(2)18(11-14-5-7-17-8-6-14)15-9-16(10-15)19-13(3)4/h12-17H,5-11H2,1-4H3. The first-order valence-electron chi connectivity index (χ1n) is 8.18. The summed E-state index contributed by atoms with van der Waals surface area (Å²) >= 11 is 0. The molecule has 0 aromatic carbocycles. The van der Waals surface area contributed by atoms with E-state index in [4.69, 9.17) is 4.74 Å². The first kappa shape index (κ1) is 15.3. The van der Waals surface area contributed by atoms with E-state index in [0.717, 1.165) is 12.0 Å². The van der Waals surface area contributed by atoms with Gasteiger partial charge in [0.1, 0.15) is 0 Å². The third-order valence-corrected chi connectivity index (χ3v) is 4.59. The monoisotopic (exact) mass is 268 g/mol. The summed E-state index contributed by atoms with van der Waals surface area (Å²) in [6.45, 7) is 12.7. The third-order valence-electron chi connectivity index (χ3n) is 4.59. The molecular formula is C16H32N2O. The number of hydrogen-bond donors (Lipinski definition) is 1. The molecule has 19 heavy (non-hydrogen) atoms. The van der Waals surface area contributed by atoms with Crippen LogP contribution in [-0.4, -0.2) is 48.8 Å². The van der Waals surface area contributed by atoms with E-state index < -0.39 is 0 Å². The molecule has 2 aliphatic rings. The van der Waals surface area contributed by atoms with Crippen molar-refractivity contribution in [3.8, 4) is 0 Å². The Kier molecular flexibility index (Phi) is 5.67. The van der Waals surface area contributed by atoms with Gasteiger partial charge in [0, 0.05) is 18.6 Å². The smallest absolute Gasteiger partial charge is 0.0608 e. The Morgan fingerprint density at radius 3 is 2.26 bits per heavy atom. The molecule has 1 aliphatic carbocycles. The van der Waals surface area contributed by atoms with Crippen LogP contribution in [0.3, 0.4) is 0 Å². The molecule has 2 fully saturated rings. The van der Waals surface area contributed by atoms with Crippen LogP contribution in [0.4, 0.5) is 0 Å². The first-order chi connectivity index (χ1) is 9.06. The van der Waals surface area contributed by atoms with Crippen molar-refractivity contribution in [2.75, 3.05) is 19.6 Å². The molecule has 0 amide bonds. The van der Waals surface area contributed by atoms with Crippen molar-refractivity contribution in [3.05, 3.63) is 0 Å². The van der Waals surface area contributed by atoms with Crippen LogP contribution in [0.1, 0.15) is 53.4 Å². The van der Waals surface area contributed by atoms with E-state index in [9.17, 15) is 0 Å². The number of rotatable bonds is 6. The molecule has 1 heterocycles. The molecule has 112 valence electrons. The van der Waals surface area contributed by atoms with E-state index in [1.54, 1.807) is 0 Å². The van der Waals surface area contributed by atoms with Crippen molar-refractivity contribution in [2.24, 2.45) is 5.92 Å². The van der Waals surface area contributed by atoms with E-state index in [1.165, 1.54) is 45.3 Å². The molecule has 0 spiro atoms. The van der Waals surface area contributed by atoms with E-state index in [-0.39, 0.29) is 0 Å². The average molecular weight is 268 g/mol. The largest absolute Gasteiger partial charge is 0.375 e. The van der Waals surface area contributed by atoms with Crippen molar-refractivity contribution in [1.29, 1.82) is 0 Å². The van der Waals surface area contributed by atoms with Crippen LogP contribution < -0.4 is 5.32 Å². The summed E-state index contributed by atoms with van der Waals surface area (Å²) in [7, 11) is 0. The van der Waals surface area contributed by atoms with Crippen molar-refractivity contribution in [1.82, 2.24) is 10.2 Å². The molecule has 0 bridgehead atoms. The predicted molar refractivity (Wildman–Crippen MR) is 80.5 cm³/mol. The van der Waals surface area contributed by atoms with Gasteiger partial charge in [-0.15, -0.1) is 0 Å². The molecule has 1 saturated carbocycles. The molecule has 0 atom stereocenters. The number of nitrogens with one attached hydrogen (secondary N) is 1. The summed E-state index contributed by atoms with van der Waals surface area (Å²) in [5, 5.41) is 3.46. The second kappa shape index (κ2) is 7.05. The highest BCUT2D eigenvalue weighted by molar-refractivity contribution is 4.91. The number of hydrogen-bond acceptors (Lipinski definition) is 3. The molecule has 3 nitrogen and oxygen atoms in total. The molecule has 1 aliphatic heterocycles. The average Bonchev–Trinajstić information content (AvgIpc) is 2.31. The Bertz CT molecular complexity index is 255. The Morgan fingerprint density at radius 1 is 1.11 bits per heavy atom. The van der Waals surface area contributed by atoms with Gasteiger partial charge in [0.05, 0.1) is 12.2 Å². The Morgan fingerprint density at radius 2 is 1.74 bits per heavy atom. The van der Waals surface area contributed by atoms with Crippen molar-refractivity contribution < 1.29 is 4.74 Å². The van der Waals surface area contributed by atoms with Crippen LogP contribution in [0.2, 0.25) is 0 Å². The molecule has 0 aromatic rings. The minimum atomic E-state index is 0.378. The summed E-state index contributed by atoms with van der Waals surface area (Å²) in [6, 6.07) is 1.43. The van der Waals surface area contributed by atoms with Crippen LogP contribution in [0.25, 0.3) is 0 Å². The fourth-order valence-corrected chi connectivity index (χ4v) is 3.45. The SMILES string of the molecule is CC(C)OC1CC(N(CC2CCNCC2)C(C)C)C1. The molecule has 0 aromatic heterocycles. The van der Waals surface area contributed by atoms with Gasteiger partial charge in [-0.05, 0) is 72.4 Å². The van der Waals surface area contributed by atoms with Crippen molar-refractivity contribution in [3.63, 3.8) is 0 Å². The second-order valence-electron chi connectivity index (χ2n) is 6.92. The Labute approximate surface area is 119 Å². The van der Waals surface area contributed by atoms with Gasteiger partial charge in [-0.1, -0.05) is 0 Å². The van der Waals surface area contributed by atoms with Gasteiger partial charge < -0.3 is 10.1 Å². The lowest BCUT2D eigenvalue weighted by atomic mass is 9.85. The topological polar surface area (TPSA) is 24.5 Å². The molecule has 0 radical (unpaired) electrons. The number of nitrogens with zero attached hydrogens (tertiary/aromatic N) is 1. The van der Waals surface area contributed by atoms with Gasteiger partial charge in [0.25, 0.3) is 0 Å². The highest BCUT2D eigenvalue weighted by Crippen LogP contribution is 2.31. The molecule has 1 N–H and O–H groups in total. The van der Waals surface area contributed by atoms with Crippen LogP contribution in [0, 0.1) is 5.92 Å². The molecule has 0 unspecified atom stereocenters. The second-order valence-corrected chi connectivity index (χ2v) is 6.92. The van der Waals surface area contributed by atoms with Gasteiger partial charge in [0.2, 0.25) is 0 Å². The zero-order chi connectivity index (χ0) is 13.8. The van der Waals surface area contributed by atoms with E-state index in [2.05, 4.69) is 37.9 Å². The number of ether oxygens (including phenoxy) is 1. The van der Waals surface area contributed by atoms with E-state index in [0.29, 0.717) is 18.2 Å². The van der Waals surface area contributed by atoms with Crippen LogP contribution in [-0.2, 0) is 4.74 Å². The van der Waals surface area contributed by atoms with Gasteiger partial charge >= 0.3 is 0 Å². The van der Waals surface area contributed by atoms with Crippen LogP contribution in [0.5, 0.6) is 0 Å². The lowest BCUT2D eigenvalue weighted by Crippen LogP contribution is -2.53. The summed E-state index contributed by atoms with van der Waals surface area (Å²) in [5.74, 6) is 0.897. The first-order valence-corrected chi connectivity index (χ1v) is 8.18. The summed E-state index contributed by atoms with van der Waals surface area (Å²) < 4.78 is 5.90. The molecule has 1 saturated heterocycles. The Balaban J connectivity index is 1.77. The van der Waals surface area contributed by atoms with Gasteiger partial charge in [0.15, 0.2) is 0 Å². The highest BCUT2D eigenvalue weighted by atomic mass is 16.5. The van der Waals surface area contributed by atoms with Crippen LogP contribution in [0.15, 0.2) is 0 Å². The van der Waals surface area contributed by atoms with E-state index >= 15 is 0 Å². The minimum Gasteiger partial charge on any atom is -0.375 e. The summed E-state index contributed by atoms with van der Waals surface area (Å²) in [4.78, 5) is 2.73. The molecule has 3 heteroatoms. The Hall–Kier alpha value is -0.120. The number of piperidine rings is 1. The van der Waals surface area contributed by atoms with Gasteiger partial charge in [-0.25, -0.2) is 0 Å². The maximum atomic E-state index is 5.90. The van der Waals surface area contributed by atoms with Gasteiger partial charge in [-0.2, -0.15) is 0 Å². The maximum Gasteiger partial charge on any atom is 0.0608 e. The van der Waals surface area contributed by atoms with E-state index in [1.807, 2.05) is 0 Å². The molecular weight excluding hydrogens is 236 g/mol. The maximum absolute atomic E-state index is 5.90. The quantitative estimate of drug-likeness (QED) is 0.801. The predicted octanol–water partition coefficient (Wildman–Crippen LogP) is 2.65. The lowest BCUT2D eigenvalue weighted by molar-refractivity contribution is -0.0853. The normalized spacial score (nSPS) is 29.2. The van der Waals surface area contributed by atoms with Crippen molar-refractivity contribution >= 4 is 0 Å². The molecule has 2 rings (SSSR count). The lowest BCUT2D eigenvalue weighted by Gasteiger charge is -2.46. The third kappa shape index (κ3) is 4.44.